The average Bonchev–Trinajstić information content (AvgIpc) is 3.31. The number of nitrogens with zero attached hydrogens (tertiary/aromatic N) is 2. The van der Waals surface area contributed by atoms with Crippen molar-refractivity contribution in [1.29, 1.82) is 0 Å². The second-order valence-electron chi connectivity index (χ2n) is 14.0. The van der Waals surface area contributed by atoms with Crippen LogP contribution in [0.2, 0.25) is 0 Å². The Hall–Kier alpha value is -1.81. The van der Waals surface area contributed by atoms with Crippen LogP contribution >= 0.6 is 15.9 Å². The van der Waals surface area contributed by atoms with Gasteiger partial charge < -0.3 is 39.4 Å². The Morgan fingerprint density at radius 1 is 0.578 bits per heavy atom. The van der Waals surface area contributed by atoms with Crippen molar-refractivity contribution in [3.05, 3.63) is 40.6 Å². The zero-order chi connectivity index (χ0) is 33.7. The molecule has 0 radical (unpaired) electrons. The molecule has 0 saturated carbocycles. The van der Waals surface area contributed by atoms with E-state index in [4.69, 9.17) is 39.4 Å². The van der Waals surface area contributed by atoms with E-state index in [1.165, 1.54) is 18.5 Å². The largest absolute Gasteiger partial charge is 0.499 e. The van der Waals surface area contributed by atoms with Crippen LogP contribution in [0.3, 0.4) is 0 Å². The van der Waals surface area contributed by atoms with Crippen LogP contribution in [-0.4, -0.2) is 64.7 Å². The van der Waals surface area contributed by atoms with E-state index in [2.05, 4.69) is 25.9 Å². The van der Waals surface area contributed by atoms with Crippen molar-refractivity contribution in [2.75, 3.05) is 11.5 Å². The van der Waals surface area contributed by atoms with Crippen molar-refractivity contribution in [2.24, 2.45) is 0 Å². The maximum Gasteiger partial charge on any atom is 0.499 e. The van der Waals surface area contributed by atoms with E-state index >= 15 is 0 Å². The molecule has 10 nitrogen and oxygen atoms in total. The summed E-state index contributed by atoms with van der Waals surface area (Å²) in [5.74, 6) is -0.517. The van der Waals surface area contributed by atoms with E-state index < -0.39 is 38.2 Å². The Morgan fingerprint density at radius 3 is 1.20 bits per heavy atom. The molecule has 3 saturated heterocycles. The number of nitrogen functional groups attached to an aromatic ring is 2. The van der Waals surface area contributed by atoms with Gasteiger partial charge in [0.05, 0.1) is 38.1 Å². The van der Waals surface area contributed by atoms with Gasteiger partial charge >= 0.3 is 21.1 Å². The van der Waals surface area contributed by atoms with Crippen LogP contribution in [-0.2, 0) is 27.9 Å². The van der Waals surface area contributed by atoms with Crippen molar-refractivity contribution in [2.45, 2.75) is 124 Å². The third-order valence-electron chi connectivity index (χ3n) is 9.01. The fourth-order valence-corrected chi connectivity index (χ4v) is 4.24. The lowest BCUT2D eigenvalue weighted by atomic mass is 9.49. The first-order valence-corrected chi connectivity index (χ1v) is 15.1. The van der Waals surface area contributed by atoms with Crippen molar-refractivity contribution in [3.8, 4) is 0 Å². The average molecular weight is 699 g/mol. The van der Waals surface area contributed by atoms with E-state index in [9.17, 15) is 8.78 Å². The van der Waals surface area contributed by atoms with Gasteiger partial charge in [0.25, 0.3) is 0 Å². The molecule has 4 N–H and O–H groups in total. The van der Waals surface area contributed by atoms with Crippen molar-refractivity contribution >= 4 is 54.2 Å². The minimum absolute atomic E-state index is 0. The molecule has 0 aliphatic carbocycles. The van der Waals surface area contributed by atoms with E-state index in [1.54, 1.807) is 0 Å². The Labute approximate surface area is 276 Å². The lowest BCUT2D eigenvalue weighted by molar-refractivity contribution is 0.00578. The van der Waals surface area contributed by atoms with Crippen molar-refractivity contribution in [3.63, 3.8) is 0 Å². The Balaban J connectivity index is 0.000000245. The quantitative estimate of drug-likeness (QED) is 0.385. The first-order chi connectivity index (χ1) is 19.8. The van der Waals surface area contributed by atoms with Gasteiger partial charge in [-0.15, -0.1) is 0 Å². The van der Waals surface area contributed by atoms with Gasteiger partial charge in [0.1, 0.15) is 23.3 Å². The Bertz CT molecular complexity index is 1270. The highest BCUT2D eigenvalue weighted by molar-refractivity contribution is 9.10. The van der Waals surface area contributed by atoms with Crippen LogP contribution in [0.5, 0.6) is 0 Å². The van der Waals surface area contributed by atoms with E-state index in [0.29, 0.717) is 4.47 Å². The summed E-state index contributed by atoms with van der Waals surface area (Å²) >= 11 is 2.94. The molecule has 5 rings (SSSR count). The molecule has 0 atom stereocenters. The first-order valence-electron chi connectivity index (χ1n) is 14.4. The zero-order valence-corrected chi connectivity index (χ0v) is 29.3. The summed E-state index contributed by atoms with van der Waals surface area (Å²) in [5.41, 5.74) is 8.40. The van der Waals surface area contributed by atoms with Crippen LogP contribution in [0.1, 0.15) is 90.5 Å². The molecule has 45 heavy (non-hydrogen) atoms. The molecule has 3 fully saturated rings. The molecule has 0 aromatic carbocycles. The number of hydrogen-bond donors (Lipinski definition) is 2. The molecule has 250 valence electrons. The summed E-state index contributed by atoms with van der Waals surface area (Å²) in [6.45, 7) is 23.9. The lowest BCUT2D eigenvalue weighted by Gasteiger charge is -2.32. The number of pyridine rings is 2. The molecular formula is C29H48B3BrF2N4O6. The molecular weight excluding hydrogens is 651 g/mol. The normalized spacial score (nSPS) is 23.0. The minimum Gasteiger partial charge on any atom is -0.405 e. The predicted molar refractivity (Wildman–Crippen MR) is 180 cm³/mol. The molecule has 3 aliphatic heterocycles. The fourth-order valence-electron chi connectivity index (χ4n) is 4.03. The number of nitrogens with two attached hydrogens (primary N) is 2. The second kappa shape index (κ2) is 13.4. The van der Waals surface area contributed by atoms with Crippen LogP contribution < -0.4 is 16.9 Å². The van der Waals surface area contributed by atoms with Gasteiger partial charge in [-0.05, 0) is 99.0 Å². The van der Waals surface area contributed by atoms with Crippen LogP contribution in [0, 0.1) is 11.6 Å². The highest BCUT2D eigenvalue weighted by atomic mass is 79.9. The summed E-state index contributed by atoms with van der Waals surface area (Å²) < 4.78 is 61.8. The summed E-state index contributed by atoms with van der Waals surface area (Å²) in [7, 11) is -1.69. The summed E-state index contributed by atoms with van der Waals surface area (Å²) in [6, 6.07) is 2.32. The van der Waals surface area contributed by atoms with Crippen molar-refractivity contribution < 1.29 is 36.7 Å². The van der Waals surface area contributed by atoms with Gasteiger partial charge in [0.2, 0.25) is 0 Å². The van der Waals surface area contributed by atoms with Crippen LogP contribution in [0.15, 0.2) is 29.0 Å². The molecule has 0 unspecified atom stereocenters. The van der Waals surface area contributed by atoms with E-state index in [-0.39, 0.29) is 52.7 Å². The second-order valence-corrected chi connectivity index (χ2v) is 14.8. The molecule has 0 amide bonds. The van der Waals surface area contributed by atoms with Gasteiger partial charge in [0.15, 0.2) is 0 Å². The molecule has 0 bridgehead atoms. The number of halogens is 3. The number of rotatable bonds is 2. The van der Waals surface area contributed by atoms with Crippen molar-refractivity contribution in [1.82, 2.24) is 9.97 Å². The summed E-state index contributed by atoms with van der Waals surface area (Å²) in [6.07, 6.45) is 2.68. The molecule has 3 aliphatic rings. The Morgan fingerprint density at radius 2 is 0.889 bits per heavy atom. The first kappa shape index (κ1) is 39.4. The van der Waals surface area contributed by atoms with E-state index in [0.717, 1.165) is 6.07 Å². The van der Waals surface area contributed by atoms with Gasteiger partial charge in [-0.25, -0.2) is 18.7 Å². The summed E-state index contributed by atoms with van der Waals surface area (Å²) in [5, 5.41) is 0. The standard InChI is InChI=1S/C12H24B2O4.C11H16BFN2O2.C5H4BrFN2.CH4/c1-9(2)10(3,4)16-13(15-9)14-17-11(5,6)12(7,8)18-14;1-10(2)11(3,4)17-12(16-10)7-6-15-9(14)5-8(7)13;6-3-2-9-5(8)1-4(3)7;/h1-8H3;5-6H,1-4H3,(H2,14,15);1-2H,(H2,8,9);1H4. The van der Waals surface area contributed by atoms with Crippen LogP contribution in [0.4, 0.5) is 20.4 Å². The minimum atomic E-state index is -0.742. The smallest absolute Gasteiger partial charge is 0.405 e. The monoisotopic (exact) mass is 698 g/mol. The third-order valence-corrected chi connectivity index (χ3v) is 9.59. The fraction of sp³-hybridized carbons (Fsp3) is 0.655. The molecule has 2 aromatic rings. The summed E-state index contributed by atoms with van der Waals surface area (Å²) in [4.78, 5) is 7.49. The highest BCUT2D eigenvalue weighted by Crippen LogP contribution is 2.43. The maximum absolute atomic E-state index is 13.7. The van der Waals surface area contributed by atoms with Gasteiger partial charge in [0, 0.05) is 30.0 Å². The predicted octanol–water partition coefficient (Wildman–Crippen LogP) is 5.55. The topological polar surface area (TPSA) is 133 Å². The van der Waals surface area contributed by atoms with Gasteiger partial charge in [-0.2, -0.15) is 0 Å². The SMILES string of the molecule is C.CC1(C)OB(B2OC(C)(C)C(C)(C)O2)OC1(C)C.CC1(C)OB(c2cnc(N)cc2F)OC1(C)C.Nc1cc(F)c(Br)cn1. The third kappa shape index (κ3) is 8.57. The molecule has 0 spiro atoms. The molecule has 16 heteroatoms. The highest BCUT2D eigenvalue weighted by Gasteiger charge is 2.63. The molecule has 5 heterocycles. The Kier molecular flexibility index (Phi) is 11.7. The number of anilines is 2. The maximum atomic E-state index is 13.7. The number of hydrogen-bond acceptors (Lipinski definition) is 10. The lowest BCUT2D eigenvalue weighted by Crippen LogP contribution is -2.41. The zero-order valence-electron chi connectivity index (χ0n) is 27.7. The number of aromatic nitrogens is 2. The van der Waals surface area contributed by atoms with Crippen LogP contribution in [0.25, 0.3) is 0 Å². The van der Waals surface area contributed by atoms with E-state index in [1.807, 2.05) is 83.1 Å². The van der Waals surface area contributed by atoms with Gasteiger partial charge in [-0.3, -0.25) is 0 Å². The molecule has 2 aromatic heterocycles. The van der Waals surface area contributed by atoms with Gasteiger partial charge in [-0.1, -0.05) is 7.43 Å².